The molecule has 3 rings (SSSR count). The van der Waals surface area contributed by atoms with Gasteiger partial charge in [0.25, 0.3) is 0 Å². The van der Waals surface area contributed by atoms with Gasteiger partial charge < -0.3 is 4.74 Å². The molecule has 2 aromatic carbocycles. The summed E-state index contributed by atoms with van der Waals surface area (Å²) in [5.41, 5.74) is 5.24. The molecule has 0 radical (unpaired) electrons. The largest absolute Gasteiger partial charge is 0.497 e. The Hall–Kier alpha value is -1.47. The van der Waals surface area contributed by atoms with Crippen molar-refractivity contribution in [1.82, 2.24) is 0 Å². The van der Waals surface area contributed by atoms with Crippen LogP contribution in [-0.4, -0.2) is 7.11 Å². The van der Waals surface area contributed by atoms with Crippen molar-refractivity contribution < 1.29 is 4.74 Å². The third-order valence-electron chi connectivity index (χ3n) is 4.02. The highest BCUT2D eigenvalue weighted by atomic mass is 35.5. The second-order valence-electron chi connectivity index (χ2n) is 5.13. The van der Waals surface area contributed by atoms with Crippen molar-refractivity contribution in [2.75, 3.05) is 7.11 Å². The molecule has 0 aliphatic heterocycles. The van der Waals surface area contributed by atoms with Crippen molar-refractivity contribution in [3.63, 3.8) is 0 Å². The van der Waals surface area contributed by atoms with E-state index in [1.54, 1.807) is 7.11 Å². The third kappa shape index (κ3) is 2.12. The summed E-state index contributed by atoms with van der Waals surface area (Å²) in [5, 5.41) is 0.0424. The highest BCUT2D eigenvalue weighted by Crippen LogP contribution is 2.47. The smallest absolute Gasteiger partial charge is 0.119 e. The Bertz CT molecular complexity index is 606. The molecule has 2 atom stereocenters. The molecule has 19 heavy (non-hydrogen) atoms. The summed E-state index contributed by atoms with van der Waals surface area (Å²) in [4.78, 5) is 0. The summed E-state index contributed by atoms with van der Waals surface area (Å²) in [7, 11) is 1.69. The van der Waals surface area contributed by atoms with E-state index in [0.29, 0.717) is 5.92 Å². The standard InChI is InChI=1S/C17H17ClO/c1-11-9-13(19-2)7-8-14(11)17(18)16-10-12-5-3-4-6-15(12)16/h3-9,16-17H,10H2,1-2H3. The number of aryl methyl sites for hydroxylation is 1. The number of alkyl halides is 1. The first-order valence-electron chi connectivity index (χ1n) is 6.57. The van der Waals surface area contributed by atoms with E-state index in [9.17, 15) is 0 Å². The third-order valence-corrected chi connectivity index (χ3v) is 4.56. The Kier molecular flexibility index (Phi) is 3.24. The van der Waals surface area contributed by atoms with Crippen LogP contribution in [0.4, 0.5) is 0 Å². The molecule has 0 fully saturated rings. The monoisotopic (exact) mass is 272 g/mol. The predicted molar refractivity (Wildman–Crippen MR) is 79.2 cm³/mol. The fourth-order valence-corrected chi connectivity index (χ4v) is 3.33. The van der Waals surface area contributed by atoms with Crippen molar-refractivity contribution in [1.29, 1.82) is 0 Å². The molecule has 0 heterocycles. The van der Waals surface area contributed by atoms with E-state index in [1.807, 2.05) is 6.07 Å². The Labute approximate surface area is 119 Å². The number of methoxy groups -OCH3 is 1. The maximum atomic E-state index is 6.70. The minimum absolute atomic E-state index is 0.0424. The molecule has 1 nitrogen and oxygen atoms in total. The number of ether oxygens (including phenoxy) is 1. The van der Waals surface area contributed by atoms with Crippen molar-refractivity contribution >= 4 is 11.6 Å². The topological polar surface area (TPSA) is 9.23 Å². The molecule has 2 heteroatoms. The van der Waals surface area contributed by atoms with Crippen LogP contribution in [-0.2, 0) is 6.42 Å². The summed E-state index contributed by atoms with van der Waals surface area (Å²) in [6.07, 6.45) is 1.08. The zero-order valence-electron chi connectivity index (χ0n) is 11.2. The van der Waals surface area contributed by atoms with E-state index in [1.165, 1.54) is 22.3 Å². The molecule has 0 aromatic heterocycles. The average molecular weight is 273 g/mol. The highest BCUT2D eigenvalue weighted by molar-refractivity contribution is 6.21. The van der Waals surface area contributed by atoms with Gasteiger partial charge in [-0.25, -0.2) is 0 Å². The van der Waals surface area contributed by atoms with Crippen molar-refractivity contribution in [2.45, 2.75) is 24.6 Å². The van der Waals surface area contributed by atoms with Crippen LogP contribution in [0.1, 0.15) is 33.5 Å². The number of fused-ring (bicyclic) bond motifs is 1. The second-order valence-corrected chi connectivity index (χ2v) is 5.60. The first-order valence-corrected chi connectivity index (χ1v) is 7.00. The molecule has 0 N–H and O–H groups in total. The first kappa shape index (κ1) is 12.6. The van der Waals surface area contributed by atoms with Crippen LogP contribution in [0.5, 0.6) is 5.75 Å². The van der Waals surface area contributed by atoms with Gasteiger partial charge in [0.1, 0.15) is 5.75 Å². The zero-order valence-corrected chi connectivity index (χ0v) is 11.9. The van der Waals surface area contributed by atoms with Gasteiger partial charge in [-0.1, -0.05) is 30.3 Å². The molecular formula is C17H17ClO. The van der Waals surface area contributed by atoms with Gasteiger partial charge in [0.05, 0.1) is 12.5 Å². The van der Waals surface area contributed by atoms with Crippen LogP contribution in [0.25, 0.3) is 0 Å². The Morgan fingerprint density at radius 1 is 1.21 bits per heavy atom. The Balaban J connectivity index is 1.88. The van der Waals surface area contributed by atoms with Crippen LogP contribution in [0.3, 0.4) is 0 Å². The van der Waals surface area contributed by atoms with E-state index in [0.717, 1.165) is 12.2 Å². The molecule has 2 aromatic rings. The van der Waals surface area contributed by atoms with Gasteiger partial charge in [0, 0.05) is 5.92 Å². The SMILES string of the molecule is COc1ccc(C(Cl)C2Cc3ccccc32)c(C)c1. The lowest BCUT2D eigenvalue weighted by molar-refractivity contribution is 0.414. The van der Waals surface area contributed by atoms with Gasteiger partial charge in [-0.05, 0) is 47.7 Å². The van der Waals surface area contributed by atoms with Crippen LogP contribution in [0.2, 0.25) is 0 Å². The van der Waals surface area contributed by atoms with E-state index >= 15 is 0 Å². The van der Waals surface area contributed by atoms with Gasteiger partial charge in [0.2, 0.25) is 0 Å². The maximum Gasteiger partial charge on any atom is 0.119 e. The summed E-state index contributed by atoms with van der Waals surface area (Å²) in [6, 6.07) is 14.7. The zero-order chi connectivity index (χ0) is 13.4. The lowest BCUT2D eigenvalue weighted by atomic mass is 9.74. The number of halogens is 1. The van der Waals surface area contributed by atoms with Crippen LogP contribution in [0, 0.1) is 6.92 Å². The second kappa shape index (κ2) is 4.90. The molecule has 1 aliphatic carbocycles. The van der Waals surface area contributed by atoms with Gasteiger partial charge in [-0.3, -0.25) is 0 Å². The lowest BCUT2D eigenvalue weighted by Crippen LogP contribution is -2.21. The van der Waals surface area contributed by atoms with Gasteiger partial charge >= 0.3 is 0 Å². The van der Waals surface area contributed by atoms with Gasteiger partial charge in [0.15, 0.2) is 0 Å². The molecule has 1 aliphatic rings. The van der Waals surface area contributed by atoms with Crippen molar-refractivity contribution in [2.24, 2.45) is 0 Å². The Morgan fingerprint density at radius 2 is 2.00 bits per heavy atom. The summed E-state index contributed by atoms with van der Waals surface area (Å²) in [6.45, 7) is 2.10. The minimum atomic E-state index is 0.0424. The van der Waals surface area contributed by atoms with E-state index in [2.05, 4.69) is 43.3 Å². The lowest BCUT2D eigenvalue weighted by Gasteiger charge is -2.34. The number of hydrogen-bond donors (Lipinski definition) is 0. The fraction of sp³-hybridized carbons (Fsp3) is 0.294. The number of benzene rings is 2. The minimum Gasteiger partial charge on any atom is -0.497 e. The fourth-order valence-electron chi connectivity index (χ4n) is 2.86. The molecule has 2 unspecified atom stereocenters. The van der Waals surface area contributed by atoms with E-state index in [4.69, 9.17) is 16.3 Å². The van der Waals surface area contributed by atoms with Gasteiger partial charge in [-0.2, -0.15) is 0 Å². The first-order chi connectivity index (χ1) is 9.20. The van der Waals surface area contributed by atoms with Crippen molar-refractivity contribution in [3.05, 3.63) is 64.7 Å². The predicted octanol–water partition coefficient (Wildman–Crippen LogP) is 4.62. The summed E-state index contributed by atoms with van der Waals surface area (Å²) in [5.74, 6) is 1.32. The van der Waals surface area contributed by atoms with Crippen molar-refractivity contribution in [3.8, 4) is 5.75 Å². The molecule has 98 valence electrons. The van der Waals surface area contributed by atoms with Crippen LogP contribution >= 0.6 is 11.6 Å². The van der Waals surface area contributed by atoms with Crippen LogP contribution < -0.4 is 4.74 Å². The van der Waals surface area contributed by atoms with E-state index < -0.39 is 0 Å². The summed E-state index contributed by atoms with van der Waals surface area (Å²) < 4.78 is 5.24. The average Bonchev–Trinajstić information content (AvgIpc) is 2.39. The molecular weight excluding hydrogens is 256 g/mol. The molecule has 0 saturated heterocycles. The number of rotatable bonds is 3. The normalized spacial score (nSPS) is 18.4. The summed E-state index contributed by atoms with van der Waals surface area (Å²) >= 11 is 6.70. The molecule has 0 amide bonds. The maximum absolute atomic E-state index is 6.70. The molecule has 0 spiro atoms. The highest BCUT2D eigenvalue weighted by Gasteiger charge is 2.33. The van der Waals surface area contributed by atoms with Gasteiger partial charge in [-0.15, -0.1) is 11.6 Å². The number of hydrogen-bond acceptors (Lipinski definition) is 1. The Morgan fingerprint density at radius 3 is 2.68 bits per heavy atom. The quantitative estimate of drug-likeness (QED) is 0.741. The molecule has 0 saturated carbocycles. The molecule has 0 bridgehead atoms. The van der Waals surface area contributed by atoms with E-state index in [-0.39, 0.29) is 5.38 Å². The van der Waals surface area contributed by atoms with Crippen LogP contribution in [0.15, 0.2) is 42.5 Å².